The second-order valence-corrected chi connectivity index (χ2v) is 8.53. The van der Waals surface area contributed by atoms with Crippen molar-refractivity contribution in [2.75, 3.05) is 13.1 Å². The number of hydrogen-bond donors (Lipinski definition) is 5. The molecule has 3 aromatic rings. The van der Waals surface area contributed by atoms with Gasteiger partial charge in [0, 0.05) is 24.1 Å². The number of halogens is 2. The van der Waals surface area contributed by atoms with Gasteiger partial charge in [-0.3, -0.25) is 4.79 Å². The van der Waals surface area contributed by atoms with E-state index in [-0.39, 0.29) is 43.6 Å². The van der Waals surface area contributed by atoms with Gasteiger partial charge in [0.2, 0.25) is 5.43 Å². The number of aliphatic hydroxyl groups is 2. The molecule has 0 saturated carbocycles. The lowest BCUT2D eigenvalue weighted by molar-refractivity contribution is 0.117. The van der Waals surface area contributed by atoms with Gasteiger partial charge in [-0.15, -0.1) is 0 Å². The Kier molecular flexibility index (Phi) is 5.78. The summed E-state index contributed by atoms with van der Waals surface area (Å²) in [6, 6.07) is 4.91. The molecule has 1 aliphatic heterocycles. The second-order valence-electron chi connectivity index (χ2n) is 7.68. The Hall–Kier alpha value is -2.46. The van der Waals surface area contributed by atoms with Crippen molar-refractivity contribution < 1.29 is 29.2 Å². The molecule has 9 heteroatoms. The van der Waals surface area contributed by atoms with Gasteiger partial charge < -0.3 is 30.2 Å². The van der Waals surface area contributed by atoms with E-state index in [1.165, 1.54) is 19.1 Å². The first-order valence-electron chi connectivity index (χ1n) is 9.74. The van der Waals surface area contributed by atoms with Gasteiger partial charge in [0.15, 0.2) is 0 Å². The van der Waals surface area contributed by atoms with E-state index in [0.29, 0.717) is 19.5 Å². The zero-order chi connectivity index (χ0) is 22.4. The standard InChI is InChI=1S/C22H21BrFNO6/c1-9-17(20(29)10-2-3-13(24)12(23)6-10)21(30)19-15(27)7-14(26)18(22(19)31-9)11-4-5-25-8-16(11)28/h2-3,6-7,11,16,20,25-29H,4-5,8H2,1H3. The molecular weight excluding hydrogens is 473 g/mol. The Morgan fingerprint density at radius 3 is 2.68 bits per heavy atom. The van der Waals surface area contributed by atoms with Gasteiger partial charge in [-0.05, 0) is 53.5 Å². The van der Waals surface area contributed by atoms with Crippen LogP contribution in [0.1, 0.15) is 40.9 Å². The Morgan fingerprint density at radius 2 is 2.00 bits per heavy atom. The Bertz CT molecular complexity index is 1230. The summed E-state index contributed by atoms with van der Waals surface area (Å²) in [7, 11) is 0. The Balaban J connectivity index is 1.94. The summed E-state index contributed by atoms with van der Waals surface area (Å²) >= 11 is 3.06. The molecule has 1 aromatic heterocycles. The zero-order valence-electron chi connectivity index (χ0n) is 16.5. The number of rotatable bonds is 3. The average Bonchev–Trinajstić information content (AvgIpc) is 2.70. The van der Waals surface area contributed by atoms with Crippen molar-refractivity contribution in [3.63, 3.8) is 0 Å². The summed E-state index contributed by atoms with van der Waals surface area (Å²) < 4.78 is 19.6. The highest BCUT2D eigenvalue weighted by atomic mass is 79.9. The number of phenolic OH excluding ortho intramolecular Hbond substituents is 2. The summed E-state index contributed by atoms with van der Waals surface area (Å²) in [6.07, 6.45) is -1.76. The van der Waals surface area contributed by atoms with Gasteiger partial charge in [0.25, 0.3) is 0 Å². The van der Waals surface area contributed by atoms with Crippen LogP contribution in [0.5, 0.6) is 11.5 Å². The SMILES string of the molecule is Cc1oc2c(C3CCNCC3O)c(O)cc(O)c2c(=O)c1C(O)c1ccc(F)c(Br)c1. The van der Waals surface area contributed by atoms with Crippen LogP contribution < -0.4 is 10.7 Å². The van der Waals surface area contributed by atoms with Crippen LogP contribution in [0.25, 0.3) is 11.0 Å². The summed E-state index contributed by atoms with van der Waals surface area (Å²) in [5.41, 5.74) is -0.303. The van der Waals surface area contributed by atoms with Crippen molar-refractivity contribution in [3.05, 3.63) is 67.2 Å². The van der Waals surface area contributed by atoms with Crippen molar-refractivity contribution in [2.24, 2.45) is 0 Å². The first-order chi connectivity index (χ1) is 14.7. The molecule has 3 atom stereocenters. The van der Waals surface area contributed by atoms with Crippen molar-refractivity contribution in [1.29, 1.82) is 0 Å². The normalized spacial score (nSPS) is 20.2. The van der Waals surface area contributed by atoms with E-state index in [9.17, 15) is 29.6 Å². The molecule has 7 nitrogen and oxygen atoms in total. The summed E-state index contributed by atoms with van der Waals surface area (Å²) in [4.78, 5) is 13.3. The monoisotopic (exact) mass is 493 g/mol. The second kappa shape index (κ2) is 8.23. The van der Waals surface area contributed by atoms with Crippen LogP contribution in [0.3, 0.4) is 0 Å². The van der Waals surface area contributed by atoms with Crippen LogP contribution in [0.2, 0.25) is 0 Å². The molecule has 0 amide bonds. The lowest BCUT2D eigenvalue weighted by Gasteiger charge is -2.29. The number of β-amino-alcohol motifs (C(OH)–C–C–N with tert-alkyl or cyclic N) is 1. The van der Waals surface area contributed by atoms with E-state index in [1.54, 1.807) is 0 Å². The van der Waals surface area contributed by atoms with Crippen LogP contribution in [-0.4, -0.2) is 39.6 Å². The molecule has 0 aliphatic carbocycles. The smallest absolute Gasteiger partial charge is 0.202 e. The number of aromatic hydroxyl groups is 2. The number of hydrogen-bond acceptors (Lipinski definition) is 7. The predicted octanol–water partition coefficient (Wildman–Crippen LogP) is 2.93. The van der Waals surface area contributed by atoms with E-state index in [1.807, 2.05) is 0 Å². The van der Waals surface area contributed by atoms with Gasteiger partial charge >= 0.3 is 0 Å². The molecular formula is C22H21BrFNO6. The maximum Gasteiger partial charge on any atom is 0.202 e. The maximum atomic E-state index is 13.6. The molecule has 2 aromatic carbocycles. The molecule has 0 radical (unpaired) electrons. The Morgan fingerprint density at radius 1 is 1.26 bits per heavy atom. The number of fused-ring (bicyclic) bond motifs is 1. The highest BCUT2D eigenvalue weighted by Gasteiger charge is 2.32. The topological polar surface area (TPSA) is 123 Å². The van der Waals surface area contributed by atoms with Crippen LogP contribution in [-0.2, 0) is 0 Å². The largest absolute Gasteiger partial charge is 0.507 e. The van der Waals surface area contributed by atoms with Gasteiger partial charge in [0.1, 0.15) is 40.1 Å². The fourth-order valence-corrected chi connectivity index (χ4v) is 4.57. The molecule has 1 fully saturated rings. The van der Waals surface area contributed by atoms with Gasteiger partial charge in [0.05, 0.1) is 16.1 Å². The highest BCUT2D eigenvalue weighted by molar-refractivity contribution is 9.10. The van der Waals surface area contributed by atoms with Crippen LogP contribution >= 0.6 is 15.9 Å². The van der Waals surface area contributed by atoms with E-state index in [0.717, 1.165) is 12.1 Å². The lowest BCUT2D eigenvalue weighted by Crippen LogP contribution is -2.39. The third kappa shape index (κ3) is 3.71. The number of phenols is 2. The molecule has 0 spiro atoms. The number of piperidine rings is 1. The molecule has 0 bridgehead atoms. The molecule has 3 unspecified atom stereocenters. The molecule has 1 saturated heterocycles. The summed E-state index contributed by atoms with van der Waals surface area (Å²) in [5, 5.41) is 45.1. The van der Waals surface area contributed by atoms with Gasteiger partial charge in [-0.2, -0.15) is 0 Å². The van der Waals surface area contributed by atoms with E-state index < -0.39 is 35.1 Å². The van der Waals surface area contributed by atoms with E-state index in [2.05, 4.69) is 21.2 Å². The van der Waals surface area contributed by atoms with Gasteiger partial charge in [-0.1, -0.05) is 6.07 Å². The molecule has 5 N–H and O–H groups in total. The molecule has 1 aliphatic rings. The molecule has 2 heterocycles. The summed E-state index contributed by atoms with van der Waals surface area (Å²) in [6.45, 7) is 2.40. The number of nitrogens with one attached hydrogen (secondary N) is 1. The number of aliphatic hydroxyl groups excluding tert-OH is 2. The van der Waals surface area contributed by atoms with E-state index >= 15 is 0 Å². The maximum absolute atomic E-state index is 13.6. The van der Waals surface area contributed by atoms with Crippen molar-refractivity contribution >= 4 is 26.9 Å². The first kappa shape index (κ1) is 21.8. The van der Waals surface area contributed by atoms with Crippen LogP contribution in [0.4, 0.5) is 4.39 Å². The molecule has 164 valence electrons. The lowest BCUT2D eigenvalue weighted by atomic mass is 9.85. The molecule has 31 heavy (non-hydrogen) atoms. The average molecular weight is 494 g/mol. The summed E-state index contributed by atoms with van der Waals surface area (Å²) in [5.74, 6) is -1.72. The number of aryl methyl sites for hydroxylation is 1. The van der Waals surface area contributed by atoms with E-state index in [4.69, 9.17) is 4.42 Å². The minimum absolute atomic E-state index is 0.0258. The highest BCUT2D eigenvalue weighted by Crippen LogP contribution is 2.42. The fraction of sp³-hybridized carbons (Fsp3) is 0.318. The van der Waals surface area contributed by atoms with Crippen molar-refractivity contribution in [3.8, 4) is 11.5 Å². The third-order valence-corrected chi connectivity index (χ3v) is 6.34. The third-order valence-electron chi connectivity index (χ3n) is 5.74. The quantitative estimate of drug-likeness (QED) is 0.380. The van der Waals surface area contributed by atoms with Crippen molar-refractivity contribution in [2.45, 2.75) is 31.5 Å². The van der Waals surface area contributed by atoms with Gasteiger partial charge in [-0.25, -0.2) is 4.39 Å². The number of benzene rings is 2. The van der Waals surface area contributed by atoms with Crippen LogP contribution in [0.15, 0.2) is 37.9 Å². The van der Waals surface area contributed by atoms with Crippen molar-refractivity contribution in [1.82, 2.24) is 5.32 Å². The Labute approximate surface area is 184 Å². The predicted molar refractivity (Wildman–Crippen MR) is 115 cm³/mol. The molecule has 4 rings (SSSR count). The fourth-order valence-electron chi connectivity index (χ4n) is 4.18. The van der Waals surface area contributed by atoms with Crippen LogP contribution in [0, 0.1) is 12.7 Å². The minimum Gasteiger partial charge on any atom is -0.507 e. The first-order valence-corrected chi connectivity index (χ1v) is 10.5. The zero-order valence-corrected chi connectivity index (χ0v) is 18.1. The minimum atomic E-state index is -1.43.